The zero-order valence-electron chi connectivity index (χ0n) is 16.8. The van der Waals surface area contributed by atoms with Crippen molar-refractivity contribution in [3.63, 3.8) is 0 Å². The van der Waals surface area contributed by atoms with Crippen LogP contribution in [0.15, 0.2) is 30.6 Å². The number of nitrogens with zero attached hydrogens (tertiary/aromatic N) is 8. The fourth-order valence-electron chi connectivity index (χ4n) is 3.63. The minimum absolute atomic E-state index is 0.0527. The van der Waals surface area contributed by atoms with Gasteiger partial charge >= 0.3 is 0 Å². The Balaban J connectivity index is 1.24. The molecule has 5 rings (SSSR count). The van der Waals surface area contributed by atoms with Crippen molar-refractivity contribution in [2.24, 2.45) is 0 Å². The first-order valence-electron chi connectivity index (χ1n) is 9.94. The molecule has 10 nitrogen and oxygen atoms in total. The van der Waals surface area contributed by atoms with Crippen molar-refractivity contribution in [3.05, 3.63) is 47.5 Å². The third-order valence-corrected chi connectivity index (χ3v) is 5.40. The number of aryl methyl sites for hydroxylation is 2. The van der Waals surface area contributed by atoms with E-state index in [1.807, 2.05) is 42.8 Å². The number of fused-ring (bicyclic) bond motifs is 1. The monoisotopic (exact) mass is 403 g/mol. The molecule has 1 N–H and O–H groups in total. The molecule has 152 valence electrons. The van der Waals surface area contributed by atoms with E-state index in [4.69, 9.17) is 0 Å². The largest absolute Gasteiger partial charge is 0.326 e. The molecule has 1 aliphatic carbocycles. The van der Waals surface area contributed by atoms with Crippen LogP contribution in [-0.4, -0.2) is 45.7 Å². The zero-order chi connectivity index (χ0) is 20.7. The summed E-state index contributed by atoms with van der Waals surface area (Å²) in [7, 11) is 0. The number of aromatic nitrogens is 8. The SMILES string of the molecule is Cc1nc2ncnn2c(C)c1CCC(=O)Nc1ccc(-c2nnnn2C2CC2)cc1. The summed E-state index contributed by atoms with van der Waals surface area (Å²) in [5.41, 5.74) is 4.53. The van der Waals surface area contributed by atoms with E-state index in [2.05, 4.69) is 35.9 Å². The molecule has 1 aromatic carbocycles. The van der Waals surface area contributed by atoms with Crippen molar-refractivity contribution in [1.82, 2.24) is 39.8 Å². The van der Waals surface area contributed by atoms with Crippen molar-refractivity contribution in [2.75, 3.05) is 5.32 Å². The summed E-state index contributed by atoms with van der Waals surface area (Å²) in [5.74, 6) is 1.28. The number of carbonyl (C=O) groups excluding carboxylic acids is 1. The minimum atomic E-state index is -0.0527. The molecule has 0 saturated heterocycles. The van der Waals surface area contributed by atoms with Crippen LogP contribution in [0.3, 0.4) is 0 Å². The van der Waals surface area contributed by atoms with Crippen LogP contribution in [0.4, 0.5) is 5.69 Å². The molecule has 30 heavy (non-hydrogen) atoms. The van der Waals surface area contributed by atoms with Gasteiger partial charge in [-0.25, -0.2) is 14.2 Å². The Hall–Kier alpha value is -3.69. The second-order valence-electron chi connectivity index (χ2n) is 7.54. The second-order valence-corrected chi connectivity index (χ2v) is 7.54. The first-order chi connectivity index (χ1) is 14.6. The normalized spacial score (nSPS) is 13.7. The molecule has 10 heteroatoms. The van der Waals surface area contributed by atoms with Crippen LogP contribution < -0.4 is 5.32 Å². The molecule has 0 radical (unpaired) electrons. The number of hydrogen-bond acceptors (Lipinski definition) is 7. The van der Waals surface area contributed by atoms with Crippen LogP contribution in [0, 0.1) is 13.8 Å². The van der Waals surface area contributed by atoms with E-state index >= 15 is 0 Å². The van der Waals surface area contributed by atoms with Gasteiger partial charge in [-0.1, -0.05) is 0 Å². The Kier molecular flexibility index (Phi) is 4.46. The Labute approximate surface area is 172 Å². The summed E-state index contributed by atoms with van der Waals surface area (Å²) >= 11 is 0. The van der Waals surface area contributed by atoms with Gasteiger partial charge in [-0.15, -0.1) is 5.10 Å². The molecule has 1 aliphatic rings. The average molecular weight is 403 g/mol. The maximum Gasteiger partial charge on any atom is 0.252 e. The van der Waals surface area contributed by atoms with Crippen LogP contribution in [-0.2, 0) is 11.2 Å². The number of hydrogen-bond donors (Lipinski definition) is 1. The Morgan fingerprint density at radius 3 is 2.77 bits per heavy atom. The lowest BCUT2D eigenvalue weighted by molar-refractivity contribution is -0.116. The van der Waals surface area contributed by atoms with Gasteiger partial charge in [-0.3, -0.25) is 4.79 Å². The van der Waals surface area contributed by atoms with Gasteiger partial charge < -0.3 is 5.32 Å². The number of rotatable bonds is 6. The molecular formula is C20H21N9O. The topological polar surface area (TPSA) is 116 Å². The highest BCUT2D eigenvalue weighted by molar-refractivity contribution is 5.91. The van der Waals surface area contributed by atoms with Crippen LogP contribution in [0.1, 0.15) is 42.3 Å². The lowest BCUT2D eigenvalue weighted by Gasteiger charge is -2.11. The third kappa shape index (κ3) is 3.40. The van der Waals surface area contributed by atoms with E-state index in [0.29, 0.717) is 24.7 Å². The van der Waals surface area contributed by atoms with E-state index < -0.39 is 0 Å². The maximum absolute atomic E-state index is 12.5. The van der Waals surface area contributed by atoms with E-state index in [1.54, 1.807) is 4.52 Å². The van der Waals surface area contributed by atoms with Gasteiger partial charge in [0.25, 0.3) is 5.78 Å². The summed E-state index contributed by atoms with van der Waals surface area (Å²) in [5, 5.41) is 19.1. The Morgan fingerprint density at radius 2 is 2.00 bits per heavy atom. The molecule has 4 aromatic rings. The van der Waals surface area contributed by atoms with Crippen molar-refractivity contribution in [3.8, 4) is 11.4 Å². The molecule has 1 saturated carbocycles. The highest BCUT2D eigenvalue weighted by atomic mass is 16.1. The first-order valence-corrected chi connectivity index (χ1v) is 9.94. The standard InChI is InChI=1S/C20H21N9O/c1-12-17(13(2)28-20(23-12)21-11-22-28)9-10-18(30)24-15-5-3-14(4-6-15)19-25-26-27-29(19)16-7-8-16/h3-6,11,16H,7-10H2,1-2H3,(H,24,30). The Morgan fingerprint density at radius 1 is 1.20 bits per heavy atom. The summed E-state index contributed by atoms with van der Waals surface area (Å²) in [6, 6.07) is 8.01. The summed E-state index contributed by atoms with van der Waals surface area (Å²) in [4.78, 5) is 21.1. The van der Waals surface area contributed by atoms with Crippen molar-refractivity contribution >= 4 is 17.4 Å². The summed E-state index contributed by atoms with van der Waals surface area (Å²) in [6.07, 6.45) is 4.65. The fraction of sp³-hybridized carbons (Fsp3) is 0.350. The van der Waals surface area contributed by atoms with Crippen LogP contribution in [0.25, 0.3) is 17.2 Å². The lowest BCUT2D eigenvalue weighted by atomic mass is 10.1. The van der Waals surface area contributed by atoms with Crippen LogP contribution in [0.5, 0.6) is 0 Å². The fourth-order valence-corrected chi connectivity index (χ4v) is 3.63. The van der Waals surface area contributed by atoms with Crippen LogP contribution >= 0.6 is 0 Å². The summed E-state index contributed by atoms with van der Waals surface area (Å²) in [6.45, 7) is 3.90. The molecule has 3 heterocycles. The summed E-state index contributed by atoms with van der Waals surface area (Å²) < 4.78 is 3.58. The third-order valence-electron chi connectivity index (χ3n) is 5.40. The molecular weight excluding hydrogens is 382 g/mol. The lowest BCUT2D eigenvalue weighted by Crippen LogP contribution is -2.14. The molecule has 1 amide bonds. The van der Waals surface area contributed by atoms with Gasteiger partial charge in [0.15, 0.2) is 5.82 Å². The average Bonchev–Trinajstić information content (AvgIpc) is 3.26. The van der Waals surface area contributed by atoms with Crippen molar-refractivity contribution < 1.29 is 4.79 Å². The molecule has 1 fully saturated rings. The number of tetrazole rings is 1. The number of amides is 1. The minimum Gasteiger partial charge on any atom is -0.326 e. The van der Waals surface area contributed by atoms with Gasteiger partial charge in [0, 0.05) is 29.1 Å². The van der Waals surface area contributed by atoms with E-state index in [9.17, 15) is 4.79 Å². The molecule has 0 aliphatic heterocycles. The van der Waals surface area contributed by atoms with Crippen molar-refractivity contribution in [2.45, 2.75) is 45.6 Å². The number of anilines is 1. The first kappa shape index (κ1) is 18.3. The van der Waals surface area contributed by atoms with Crippen molar-refractivity contribution in [1.29, 1.82) is 0 Å². The molecule has 0 spiro atoms. The molecule has 0 bridgehead atoms. The van der Waals surface area contributed by atoms with Crippen LogP contribution in [0.2, 0.25) is 0 Å². The quantitative estimate of drug-likeness (QED) is 0.525. The second kappa shape index (κ2) is 7.29. The highest BCUT2D eigenvalue weighted by Gasteiger charge is 2.28. The number of nitrogens with one attached hydrogen (secondary N) is 1. The van der Waals surface area contributed by atoms with Gasteiger partial charge in [0.2, 0.25) is 5.91 Å². The predicted molar refractivity (Wildman–Crippen MR) is 109 cm³/mol. The predicted octanol–water partition coefficient (Wildman–Crippen LogP) is 2.30. The Bertz CT molecular complexity index is 1220. The smallest absolute Gasteiger partial charge is 0.252 e. The zero-order valence-corrected chi connectivity index (χ0v) is 16.8. The number of benzene rings is 1. The van der Waals surface area contributed by atoms with E-state index in [0.717, 1.165) is 46.9 Å². The van der Waals surface area contributed by atoms with Gasteiger partial charge in [-0.2, -0.15) is 10.1 Å². The van der Waals surface area contributed by atoms with Gasteiger partial charge in [-0.05, 0) is 73.4 Å². The molecule has 0 atom stereocenters. The highest BCUT2D eigenvalue weighted by Crippen LogP contribution is 2.36. The molecule has 3 aromatic heterocycles. The molecule has 0 unspecified atom stereocenters. The van der Waals surface area contributed by atoms with Gasteiger partial charge in [0.1, 0.15) is 6.33 Å². The van der Waals surface area contributed by atoms with E-state index in [1.165, 1.54) is 6.33 Å². The number of carbonyl (C=O) groups is 1. The maximum atomic E-state index is 12.5. The van der Waals surface area contributed by atoms with E-state index in [-0.39, 0.29) is 5.91 Å². The van der Waals surface area contributed by atoms with Gasteiger partial charge in [0.05, 0.1) is 6.04 Å².